The van der Waals surface area contributed by atoms with E-state index < -0.39 is 11.4 Å². The summed E-state index contributed by atoms with van der Waals surface area (Å²) >= 11 is 0. The van der Waals surface area contributed by atoms with E-state index in [2.05, 4.69) is 15.5 Å². The minimum absolute atomic E-state index is 0.170. The third kappa shape index (κ3) is 1.79. The maximum atomic E-state index is 11.6. The second kappa shape index (κ2) is 4.04. The molecule has 0 N–H and O–H groups in total. The molecule has 0 aliphatic rings. The summed E-state index contributed by atoms with van der Waals surface area (Å²) < 4.78 is 6.08. The van der Waals surface area contributed by atoms with E-state index in [4.69, 9.17) is 10.00 Å². The van der Waals surface area contributed by atoms with Gasteiger partial charge in [0.25, 0.3) is 0 Å². The van der Waals surface area contributed by atoms with Gasteiger partial charge in [0.15, 0.2) is 5.82 Å². The molecule has 0 spiro atoms. The average molecular weight is 209 g/mol. The number of tetrazole rings is 1. The molecule has 0 bridgehead atoms. The Morgan fingerprint density at radius 3 is 2.80 bits per heavy atom. The van der Waals surface area contributed by atoms with Crippen LogP contribution in [-0.2, 0) is 22.0 Å². The predicted molar refractivity (Wildman–Crippen MR) is 48.4 cm³/mol. The van der Waals surface area contributed by atoms with Gasteiger partial charge in [0.2, 0.25) is 5.41 Å². The second-order valence-corrected chi connectivity index (χ2v) is 3.08. The molecule has 15 heavy (non-hydrogen) atoms. The van der Waals surface area contributed by atoms with Crippen LogP contribution in [0.15, 0.2) is 0 Å². The summed E-state index contributed by atoms with van der Waals surface area (Å²) in [5.41, 5.74) is -1.46. The molecule has 80 valence electrons. The Morgan fingerprint density at radius 1 is 1.73 bits per heavy atom. The number of ether oxygens (including phenoxy) is 1. The fourth-order valence-electron chi connectivity index (χ4n) is 1.12. The number of carbonyl (C=O) groups is 1. The van der Waals surface area contributed by atoms with E-state index >= 15 is 0 Å². The Kier molecular flexibility index (Phi) is 2.99. The van der Waals surface area contributed by atoms with Crippen LogP contribution in [0.4, 0.5) is 0 Å². The van der Waals surface area contributed by atoms with Crippen molar-refractivity contribution in [2.75, 3.05) is 6.61 Å². The average Bonchev–Trinajstić information content (AvgIpc) is 2.64. The van der Waals surface area contributed by atoms with E-state index in [0.717, 1.165) is 0 Å². The highest BCUT2D eigenvalue weighted by molar-refractivity contribution is 5.85. The number of nitrogens with zero attached hydrogens (tertiary/aromatic N) is 5. The minimum atomic E-state index is -1.46. The molecule has 1 atom stereocenters. The summed E-state index contributed by atoms with van der Waals surface area (Å²) in [4.78, 5) is 11.6. The molecule has 0 amide bonds. The Balaban J connectivity index is 3.12. The van der Waals surface area contributed by atoms with Gasteiger partial charge in [-0.3, -0.25) is 0 Å². The molecular formula is C8H11N5O2. The maximum absolute atomic E-state index is 11.6. The van der Waals surface area contributed by atoms with E-state index in [-0.39, 0.29) is 12.4 Å². The lowest BCUT2D eigenvalue weighted by molar-refractivity contribution is -0.147. The third-order valence-corrected chi connectivity index (χ3v) is 1.97. The van der Waals surface area contributed by atoms with Crippen LogP contribution >= 0.6 is 0 Å². The molecule has 0 fully saturated rings. The van der Waals surface area contributed by atoms with Crippen molar-refractivity contribution in [2.45, 2.75) is 19.3 Å². The van der Waals surface area contributed by atoms with Crippen LogP contribution in [-0.4, -0.2) is 32.8 Å². The van der Waals surface area contributed by atoms with Crippen LogP contribution in [0.25, 0.3) is 0 Å². The van der Waals surface area contributed by atoms with Gasteiger partial charge in [-0.1, -0.05) is 0 Å². The van der Waals surface area contributed by atoms with Crippen molar-refractivity contribution < 1.29 is 9.53 Å². The van der Waals surface area contributed by atoms with E-state index in [0.29, 0.717) is 0 Å². The fourth-order valence-corrected chi connectivity index (χ4v) is 1.12. The third-order valence-electron chi connectivity index (χ3n) is 1.97. The van der Waals surface area contributed by atoms with Crippen molar-refractivity contribution in [3.05, 3.63) is 5.82 Å². The van der Waals surface area contributed by atoms with E-state index in [9.17, 15) is 4.79 Å². The molecule has 0 saturated carbocycles. The van der Waals surface area contributed by atoms with Crippen LogP contribution in [0.2, 0.25) is 0 Å². The van der Waals surface area contributed by atoms with Crippen molar-refractivity contribution in [3.8, 4) is 6.07 Å². The summed E-state index contributed by atoms with van der Waals surface area (Å²) in [6.45, 7) is 3.31. The summed E-state index contributed by atoms with van der Waals surface area (Å²) in [6, 6.07) is 1.87. The molecule has 0 aromatic carbocycles. The lowest BCUT2D eigenvalue weighted by atomic mass is 9.92. The standard InChI is InChI=1S/C8H11N5O2/c1-4-15-7(14)8(2,5-9)6-10-11-12-13(6)3/h4H2,1-3H3. The van der Waals surface area contributed by atoms with Crippen molar-refractivity contribution in [3.63, 3.8) is 0 Å². The van der Waals surface area contributed by atoms with Gasteiger partial charge in [0.05, 0.1) is 12.7 Å². The van der Waals surface area contributed by atoms with Gasteiger partial charge < -0.3 is 4.74 Å². The highest BCUT2D eigenvalue weighted by Gasteiger charge is 2.42. The summed E-state index contributed by atoms with van der Waals surface area (Å²) in [6.07, 6.45) is 0. The number of aromatic nitrogens is 4. The van der Waals surface area contributed by atoms with Crippen LogP contribution in [0, 0.1) is 11.3 Å². The molecule has 1 aromatic heterocycles. The first kappa shape index (κ1) is 11.1. The normalized spacial score (nSPS) is 14.0. The van der Waals surface area contributed by atoms with Crippen LogP contribution in [0.5, 0.6) is 0 Å². The van der Waals surface area contributed by atoms with Gasteiger partial charge in [-0.2, -0.15) is 5.26 Å². The SMILES string of the molecule is CCOC(=O)C(C)(C#N)c1nnnn1C. The molecule has 1 aromatic rings. The molecule has 0 saturated heterocycles. The van der Waals surface area contributed by atoms with E-state index in [1.54, 1.807) is 14.0 Å². The summed E-state index contributed by atoms with van der Waals surface area (Å²) in [5.74, 6) is -0.478. The number of nitriles is 1. The van der Waals surface area contributed by atoms with Crippen molar-refractivity contribution in [2.24, 2.45) is 7.05 Å². The minimum Gasteiger partial charge on any atom is -0.464 e. The summed E-state index contributed by atoms with van der Waals surface area (Å²) in [7, 11) is 1.56. The fraction of sp³-hybridized carbons (Fsp3) is 0.625. The van der Waals surface area contributed by atoms with Crippen molar-refractivity contribution in [1.29, 1.82) is 5.26 Å². The van der Waals surface area contributed by atoms with Gasteiger partial charge in [-0.25, -0.2) is 9.48 Å². The quantitative estimate of drug-likeness (QED) is 0.626. The zero-order valence-electron chi connectivity index (χ0n) is 8.76. The lowest BCUT2D eigenvalue weighted by Gasteiger charge is -2.16. The molecule has 1 rings (SSSR count). The number of carbonyl (C=O) groups excluding carboxylic acids is 1. The number of hydrogen-bond acceptors (Lipinski definition) is 6. The smallest absolute Gasteiger partial charge is 0.334 e. The molecule has 0 aliphatic heterocycles. The molecule has 1 heterocycles. The van der Waals surface area contributed by atoms with Crippen LogP contribution in [0.1, 0.15) is 19.7 Å². The van der Waals surface area contributed by atoms with Crippen molar-refractivity contribution in [1.82, 2.24) is 20.2 Å². The maximum Gasteiger partial charge on any atom is 0.334 e. The van der Waals surface area contributed by atoms with Gasteiger partial charge in [-0.15, -0.1) is 5.10 Å². The topological polar surface area (TPSA) is 93.7 Å². The van der Waals surface area contributed by atoms with Gasteiger partial charge in [0, 0.05) is 7.05 Å². The Bertz CT molecular complexity index is 407. The van der Waals surface area contributed by atoms with Crippen LogP contribution < -0.4 is 0 Å². The number of rotatable bonds is 3. The van der Waals surface area contributed by atoms with Gasteiger partial charge >= 0.3 is 5.97 Å². The molecule has 0 radical (unpaired) electrons. The van der Waals surface area contributed by atoms with E-state index in [1.807, 2.05) is 6.07 Å². The Hall–Kier alpha value is -1.97. The summed E-state index contributed by atoms with van der Waals surface area (Å²) in [5, 5.41) is 19.6. The first-order valence-electron chi connectivity index (χ1n) is 4.37. The van der Waals surface area contributed by atoms with Crippen LogP contribution in [0.3, 0.4) is 0 Å². The highest BCUT2D eigenvalue weighted by Crippen LogP contribution is 2.21. The zero-order valence-corrected chi connectivity index (χ0v) is 8.76. The molecule has 0 aliphatic carbocycles. The van der Waals surface area contributed by atoms with Gasteiger partial charge in [-0.05, 0) is 24.3 Å². The number of esters is 1. The van der Waals surface area contributed by atoms with Crippen molar-refractivity contribution >= 4 is 5.97 Å². The molecular weight excluding hydrogens is 198 g/mol. The number of hydrogen-bond donors (Lipinski definition) is 0. The van der Waals surface area contributed by atoms with Gasteiger partial charge in [0.1, 0.15) is 0 Å². The predicted octanol–water partition coefficient (Wildman–Crippen LogP) is -0.446. The first-order valence-corrected chi connectivity index (χ1v) is 4.37. The van der Waals surface area contributed by atoms with E-state index in [1.165, 1.54) is 11.6 Å². The molecule has 1 unspecified atom stereocenters. The lowest BCUT2D eigenvalue weighted by Crippen LogP contribution is -2.35. The Labute approximate surface area is 86.6 Å². The highest BCUT2D eigenvalue weighted by atomic mass is 16.5. The first-order chi connectivity index (χ1) is 7.06. The zero-order chi connectivity index (χ0) is 11.5. The second-order valence-electron chi connectivity index (χ2n) is 3.08. The largest absolute Gasteiger partial charge is 0.464 e. The Morgan fingerprint density at radius 2 is 2.40 bits per heavy atom. The number of aryl methyl sites for hydroxylation is 1. The molecule has 7 nitrogen and oxygen atoms in total. The monoisotopic (exact) mass is 209 g/mol. The molecule has 7 heteroatoms.